The molecule has 3 aromatic rings. The lowest BCUT2D eigenvalue weighted by atomic mass is 10.0. The number of nitrogens with one attached hydrogen (secondary N) is 1. The van der Waals surface area contributed by atoms with Gasteiger partial charge >= 0.3 is 0 Å². The molecule has 144 valence electrons. The first-order chi connectivity index (χ1) is 13.5. The Bertz CT molecular complexity index is 1050. The number of ether oxygens (including phenoxy) is 1. The molecule has 6 heteroatoms. The topological polar surface area (TPSA) is 75.3 Å². The van der Waals surface area contributed by atoms with Gasteiger partial charge < -0.3 is 14.6 Å². The number of fused-ring (bicyclic) bond motifs is 1. The number of hydrogen-bond donors (Lipinski definition) is 1. The van der Waals surface area contributed by atoms with Crippen LogP contribution in [0.4, 0.5) is 0 Å². The highest BCUT2D eigenvalue weighted by Crippen LogP contribution is 2.28. The fourth-order valence-corrected chi connectivity index (χ4v) is 3.50. The van der Waals surface area contributed by atoms with Crippen LogP contribution in [0.25, 0.3) is 11.0 Å². The summed E-state index contributed by atoms with van der Waals surface area (Å²) in [7, 11) is 0. The molecular weight excluding hydrogens is 354 g/mol. The molecule has 0 bridgehead atoms. The molecule has 0 radical (unpaired) electrons. The van der Waals surface area contributed by atoms with Gasteiger partial charge in [0.2, 0.25) is 0 Å². The van der Waals surface area contributed by atoms with Gasteiger partial charge in [0.05, 0.1) is 23.7 Å². The molecule has 2 atom stereocenters. The number of rotatable bonds is 3. The second-order valence-corrected chi connectivity index (χ2v) is 7.46. The Hall–Kier alpha value is -2.99. The molecule has 0 aliphatic carbocycles. The van der Waals surface area contributed by atoms with E-state index in [1.165, 1.54) is 0 Å². The van der Waals surface area contributed by atoms with Gasteiger partial charge in [-0.2, -0.15) is 0 Å². The van der Waals surface area contributed by atoms with Crippen molar-refractivity contribution in [3.63, 3.8) is 0 Å². The van der Waals surface area contributed by atoms with Crippen LogP contribution >= 0.6 is 0 Å². The fraction of sp³-hybridized carbons (Fsp3) is 0.318. The van der Waals surface area contributed by atoms with E-state index in [-0.39, 0.29) is 29.7 Å². The lowest BCUT2D eigenvalue weighted by molar-refractivity contribution is -0.0955. The zero-order chi connectivity index (χ0) is 19.7. The number of carbonyl (C=O) groups is 1. The number of hydrogen-bond acceptors (Lipinski definition) is 4. The van der Waals surface area contributed by atoms with E-state index in [4.69, 9.17) is 4.74 Å². The van der Waals surface area contributed by atoms with Crippen LogP contribution in [0.3, 0.4) is 0 Å². The first-order valence-electron chi connectivity index (χ1n) is 9.51. The van der Waals surface area contributed by atoms with E-state index in [1.807, 2.05) is 42.5 Å². The predicted molar refractivity (Wildman–Crippen MR) is 107 cm³/mol. The number of H-pyrrole nitrogens is 1. The van der Waals surface area contributed by atoms with Gasteiger partial charge in [0.25, 0.3) is 11.5 Å². The molecule has 1 fully saturated rings. The minimum absolute atomic E-state index is 0.0742. The van der Waals surface area contributed by atoms with Gasteiger partial charge in [-0.15, -0.1) is 0 Å². The van der Waals surface area contributed by atoms with Crippen molar-refractivity contribution in [1.82, 2.24) is 14.9 Å². The van der Waals surface area contributed by atoms with Crippen LogP contribution in [-0.2, 0) is 4.74 Å². The lowest BCUT2D eigenvalue weighted by Gasteiger charge is -2.39. The Morgan fingerprint density at radius 2 is 1.82 bits per heavy atom. The summed E-state index contributed by atoms with van der Waals surface area (Å²) in [5.41, 5.74) is 1.69. The summed E-state index contributed by atoms with van der Waals surface area (Å²) in [5.74, 6) is -0.119. The fourth-order valence-electron chi connectivity index (χ4n) is 3.50. The normalized spacial score (nSPS) is 19.9. The maximum atomic E-state index is 13.2. The summed E-state index contributed by atoms with van der Waals surface area (Å²) in [6.07, 6.45) is -0.340. The van der Waals surface area contributed by atoms with Crippen LogP contribution in [-0.4, -0.2) is 40.0 Å². The van der Waals surface area contributed by atoms with Gasteiger partial charge in [0.15, 0.2) is 5.69 Å². The average molecular weight is 377 g/mol. The number of carbonyl (C=O) groups excluding carboxylic acids is 1. The van der Waals surface area contributed by atoms with Crippen LogP contribution in [0.2, 0.25) is 0 Å². The zero-order valence-electron chi connectivity index (χ0n) is 16.0. The summed E-state index contributed by atoms with van der Waals surface area (Å²) < 4.78 is 6.25. The van der Waals surface area contributed by atoms with Gasteiger partial charge in [-0.1, -0.05) is 56.3 Å². The van der Waals surface area contributed by atoms with E-state index in [0.29, 0.717) is 24.1 Å². The average Bonchev–Trinajstić information content (AvgIpc) is 2.73. The van der Waals surface area contributed by atoms with E-state index in [1.54, 1.807) is 17.0 Å². The Morgan fingerprint density at radius 3 is 2.57 bits per heavy atom. The molecule has 1 aliphatic heterocycles. The third-order valence-corrected chi connectivity index (χ3v) is 5.13. The molecule has 0 saturated carbocycles. The highest BCUT2D eigenvalue weighted by atomic mass is 16.5. The minimum Gasteiger partial charge on any atom is -0.366 e. The van der Waals surface area contributed by atoms with Crippen LogP contribution in [0, 0.1) is 5.92 Å². The van der Waals surface area contributed by atoms with Crippen LogP contribution in [0.1, 0.15) is 36.0 Å². The van der Waals surface area contributed by atoms with Gasteiger partial charge in [-0.05, 0) is 23.6 Å². The standard InChI is InChI=1S/C22H23N3O3/c1-14(2)18-12-25(13-19(28-18)15-8-4-3-5-9-15)22(27)20-21(26)24-17-11-7-6-10-16(17)23-20/h3-11,14,18-19H,12-13H2,1-2H3,(H,24,26)/t18-,19+/m1/s1. The number of nitrogens with zero attached hydrogens (tertiary/aromatic N) is 2. The summed E-state index contributed by atoms with van der Waals surface area (Å²) in [5, 5.41) is 0. The van der Waals surface area contributed by atoms with Crippen molar-refractivity contribution in [2.75, 3.05) is 13.1 Å². The summed E-state index contributed by atoms with van der Waals surface area (Å²) in [6.45, 7) is 4.97. The molecule has 6 nitrogen and oxygen atoms in total. The van der Waals surface area contributed by atoms with Gasteiger partial charge in [-0.25, -0.2) is 4.98 Å². The van der Waals surface area contributed by atoms with Gasteiger partial charge in [0.1, 0.15) is 6.10 Å². The maximum absolute atomic E-state index is 13.2. The van der Waals surface area contributed by atoms with E-state index < -0.39 is 5.56 Å². The molecule has 1 amide bonds. The van der Waals surface area contributed by atoms with Crippen molar-refractivity contribution in [3.05, 3.63) is 76.2 Å². The number of amides is 1. The second-order valence-electron chi connectivity index (χ2n) is 7.46. The number of aromatic amines is 1. The van der Waals surface area contributed by atoms with Gasteiger partial charge in [-0.3, -0.25) is 9.59 Å². The summed E-state index contributed by atoms with van der Waals surface area (Å²) in [6, 6.07) is 17.1. The molecule has 0 spiro atoms. The smallest absolute Gasteiger partial charge is 0.280 e. The number of morpholine rings is 1. The van der Waals surface area contributed by atoms with Crippen molar-refractivity contribution in [3.8, 4) is 0 Å². The molecule has 2 aromatic carbocycles. The molecule has 1 aliphatic rings. The molecule has 1 aromatic heterocycles. The third-order valence-electron chi connectivity index (χ3n) is 5.13. The van der Waals surface area contributed by atoms with Crippen molar-refractivity contribution >= 4 is 16.9 Å². The largest absolute Gasteiger partial charge is 0.366 e. The molecule has 1 saturated heterocycles. The lowest BCUT2D eigenvalue weighted by Crippen LogP contribution is -2.49. The Labute approximate surface area is 163 Å². The first-order valence-corrected chi connectivity index (χ1v) is 9.51. The van der Waals surface area contributed by atoms with Crippen molar-refractivity contribution in [2.45, 2.75) is 26.1 Å². The minimum atomic E-state index is -0.465. The zero-order valence-corrected chi connectivity index (χ0v) is 16.0. The number of aromatic nitrogens is 2. The van der Waals surface area contributed by atoms with Crippen molar-refractivity contribution < 1.29 is 9.53 Å². The van der Waals surface area contributed by atoms with Crippen LogP contribution < -0.4 is 5.56 Å². The summed E-state index contributed by atoms with van der Waals surface area (Å²) >= 11 is 0. The van der Waals surface area contributed by atoms with E-state index >= 15 is 0 Å². The molecule has 0 unspecified atom stereocenters. The van der Waals surface area contributed by atoms with E-state index in [2.05, 4.69) is 23.8 Å². The van der Waals surface area contributed by atoms with Crippen LogP contribution in [0.5, 0.6) is 0 Å². The molecule has 1 N–H and O–H groups in total. The summed E-state index contributed by atoms with van der Waals surface area (Å²) in [4.78, 5) is 34.5. The monoisotopic (exact) mass is 377 g/mol. The SMILES string of the molecule is CC(C)[C@H]1CN(C(=O)c2nc3ccccc3[nH]c2=O)C[C@@H](c2ccccc2)O1. The maximum Gasteiger partial charge on any atom is 0.280 e. The third kappa shape index (κ3) is 3.55. The van der Waals surface area contributed by atoms with Gasteiger partial charge in [0, 0.05) is 6.54 Å². The quantitative estimate of drug-likeness (QED) is 0.761. The Balaban J connectivity index is 1.67. The van der Waals surface area contributed by atoms with Crippen molar-refractivity contribution in [2.24, 2.45) is 5.92 Å². The number of benzene rings is 2. The molecule has 2 heterocycles. The Morgan fingerprint density at radius 1 is 1.11 bits per heavy atom. The predicted octanol–water partition coefficient (Wildman–Crippen LogP) is 3.16. The van der Waals surface area contributed by atoms with E-state index in [0.717, 1.165) is 5.56 Å². The van der Waals surface area contributed by atoms with Crippen LogP contribution in [0.15, 0.2) is 59.4 Å². The highest BCUT2D eigenvalue weighted by molar-refractivity contribution is 5.93. The number of para-hydroxylation sites is 2. The van der Waals surface area contributed by atoms with Crippen molar-refractivity contribution in [1.29, 1.82) is 0 Å². The van der Waals surface area contributed by atoms with E-state index in [9.17, 15) is 9.59 Å². The molecule has 28 heavy (non-hydrogen) atoms. The second kappa shape index (κ2) is 7.56. The first kappa shape index (κ1) is 18.4. The highest BCUT2D eigenvalue weighted by Gasteiger charge is 2.34. The Kier molecular flexibility index (Phi) is 4.96. The molecule has 4 rings (SSSR count). The molecular formula is C22H23N3O3.